The van der Waals surface area contributed by atoms with Crippen molar-refractivity contribution in [1.29, 1.82) is 0 Å². The first-order valence-electron chi connectivity index (χ1n) is 6.24. The molecule has 3 N–H and O–H groups in total. The molecule has 0 aliphatic rings. The summed E-state index contributed by atoms with van der Waals surface area (Å²) < 4.78 is 1.93. The molecule has 19 heavy (non-hydrogen) atoms. The Morgan fingerprint density at radius 1 is 1.47 bits per heavy atom. The predicted octanol–water partition coefficient (Wildman–Crippen LogP) is 2.37. The number of carbonyl (C=O) groups excluding carboxylic acids is 1. The highest BCUT2D eigenvalue weighted by atomic mass is 16.1. The largest absolute Gasteiger partial charge is 0.399 e. The van der Waals surface area contributed by atoms with E-state index in [1.165, 1.54) is 0 Å². The highest BCUT2D eigenvalue weighted by Crippen LogP contribution is 2.12. The van der Waals surface area contributed by atoms with Gasteiger partial charge in [0.25, 0.3) is 5.91 Å². The number of amides is 1. The number of carbonyl (C=O) groups is 1. The first kappa shape index (κ1) is 13.1. The summed E-state index contributed by atoms with van der Waals surface area (Å²) in [6.45, 7) is 5.04. The maximum Gasteiger partial charge on any atom is 0.258 e. The van der Waals surface area contributed by atoms with E-state index in [1.54, 1.807) is 30.5 Å². The SMILES string of the molecule is CC(C)Cn1ccnc1NC(=O)c1cccc(N)c1. The molecule has 0 saturated carbocycles. The van der Waals surface area contributed by atoms with Crippen molar-refractivity contribution in [3.63, 3.8) is 0 Å². The van der Waals surface area contributed by atoms with Gasteiger partial charge in [0, 0.05) is 30.2 Å². The Morgan fingerprint density at radius 2 is 2.26 bits per heavy atom. The van der Waals surface area contributed by atoms with Gasteiger partial charge in [0.2, 0.25) is 5.95 Å². The standard InChI is InChI=1S/C14H18N4O/c1-10(2)9-18-7-6-16-14(18)17-13(19)11-4-3-5-12(15)8-11/h3-8,10H,9,15H2,1-2H3,(H,16,17,19). The third-order valence-corrected chi connectivity index (χ3v) is 2.65. The number of hydrogen-bond donors (Lipinski definition) is 2. The van der Waals surface area contributed by atoms with E-state index < -0.39 is 0 Å². The summed E-state index contributed by atoms with van der Waals surface area (Å²) >= 11 is 0. The number of aromatic nitrogens is 2. The van der Waals surface area contributed by atoms with E-state index in [0.29, 0.717) is 23.1 Å². The van der Waals surface area contributed by atoms with Crippen LogP contribution in [-0.2, 0) is 6.54 Å². The molecule has 0 unspecified atom stereocenters. The molecule has 0 saturated heterocycles. The van der Waals surface area contributed by atoms with Crippen LogP contribution in [0.25, 0.3) is 0 Å². The second-order valence-electron chi connectivity index (χ2n) is 4.88. The van der Waals surface area contributed by atoms with E-state index in [0.717, 1.165) is 6.54 Å². The topological polar surface area (TPSA) is 72.9 Å². The monoisotopic (exact) mass is 258 g/mol. The summed E-state index contributed by atoms with van der Waals surface area (Å²) in [6.07, 6.45) is 3.53. The lowest BCUT2D eigenvalue weighted by atomic mass is 10.2. The van der Waals surface area contributed by atoms with Crippen molar-refractivity contribution in [1.82, 2.24) is 9.55 Å². The molecular formula is C14H18N4O. The molecule has 2 aromatic rings. The van der Waals surface area contributed by atoms with E-state index in [-0.39, 0.29) is 5.91 Å². The van der Waals surface area contributed by atoms with Crippen LogP contribution in [0.15, 0.2) is 36.7 Å². The van der Waals surface area contributed by atoms with Crippen LogP contribution in [0.4, 0.5) is 11.6 Å². The molecule has 0 atom stereocenters. The lowest BCUT2D eigenvalue weighted by Gasteiger charge is -2.11. The summed E-state index contributed by atoms with van der Waals surface area (Å²) in [5, 5.41) is 2.80. The zero-order valence-corrected chi connectivity index (χ0v) is 11.1. The van der Waals surface area contributed by atoms with Gasteiger partial charge in [-0.25, -0.2) is 4.98 Å². The molecule has 5 nitrogen and oxygen atoms in total. The average molecular weight is 258 g/mol. The Morgan fingerprint density at radius 3 is 2.95 bits per heavy atom. The van der Waals surface area contributed by atoms with Gasteiger partial charge >= 0.3 is 0 Å². The molecule has 0 bridgehead atoms. The lowest BCUT2D eigenvalue weighted by molar-refractivity contribution is 0.102. The highest BCUT2D eigenvalue weighted by Gasteiger charge is 2.10. The van der Waals surface area contributed by atoms with Gasteiger partial charge in [-0.1, -0.05) is 19.9 Å². The Balaban J connectivity index is 2.13. The Labute approximate surface area is 112 Å². The minimum Gasteiger partial charge on any atom is -0.399 e. The number of imidazole rings is 1. The maximum atomic E-state index is 12.1. The zero-order valence-electron chi connectivity index (χ0n) is 11.1. The molecule has 2 rings (SSSR count). The summed E-state index contributed by atoms with van der Waals surface area (Å²) in [6, 6.07) is 6.87. The highest BCUT2D eigenvalue weighted by molar-refractivity contribution is 6.03. The quantitative estimate of drug-likeness (QED) is 0.827. The van der Waals surface area contributed by atoms with Crippen molar-refractivity contribution in [3.8, 4) is 0 Å². The van der Waals surface area contributed by atoms with Gasteiger partial charge in [0.1, 0.15) is 0 Å². The second-order valence-corrected chi connectivity index (χ2v) is 4.88. The fourth-order valence-corrected chi connectivity index (χ4v) is 1.83. The molecule has 100 valence electrons. The van der Waals surface area contributed by atoms with Crippen LogP contribution < -0.4 is 11.1 Å². The van der Waals surface area contributed by atoms with Crippen molar-refractivity contribution in [2.24, 2.45) is 5.92 Å². The van der Waals surface area contributed by atoms with Crippen molar-refractivity contribution < 1.29 is 4.79 Å². The number of anilines is 2. The zero-order chi connectivity index (χ0) is 13.8. The van der Waals surface area contributed by atoms with E-state index >= 15 is 0 Å². The predicted molar refractivity (Wildman–Crippen MR) is 75.9 cm³/mol. The number of benzene rings is 1. The van der Waals surface area contributed by atoms with Crippen molar-refractivity contribution in [2.75, 3.05) is 11.1 Å². The Hall–Kier alpha value is -2.30. The number of nitrogens with two attached hydrogens (primary N) is 1. The lowest BCUT2D eigenvalue weighted by Crippen LogP contribution is -2.17. The minimum atomic E-state index is -0.205. The van der Waals surface area contributed by atoms with Gasteiger partial charge in [-0.15, -0.1) is 0 Å². The van der Waals surface area contributed by atoms with Crippen LogP contribution >= 0.6 is 0 Å². The smallest absolute Gasteiger partial charge is 0.258 e. The fourth-order valence-electron chi connectivity index (χ4n) is 1.83. The van der Waals surface area contributed by atoms with E-state index in [4.69, 9.17) is 5.73 Å². The molecule has 5 heteroatoms. The van der Waals surface area contributed by atoms with E-state index in [1.807, 2.05) is 10.8 Å². The van der Waals surface area contributed by atoms with Crippen LogP contribution in [-0.4, -0.2) is 15.5 Å². The molecule has 1 heterocycles. The molecule has 1 aromatic carbocycles. The fraction of sp³-hybridized carbons (Fsp3) is 0.286. The van der Waals surface area contributed by atoms with Crippen LogP contribution in [0.2, 0.25) is 0 Å². The maximum absolute atomic E-state index is 12.1. The third-order valence-electron chi connectivity index (χ3n) is 2.65. The van der Waals surface area contributed by atoms with Crippen LogP contribution in [0.3, 0.4) is 0 Å². The number of nitrogens with zero attached hydrogens (tertiary/aromatic N) is 2. The number of rotatable bonds is 4. The van der Waals surface area contributed by atoms with E-state index in [2.05, 4.69) is 24.1 Å². The molecular weight excluding hydrogens is 240 g/mol. The van der Waals surface area contributed by atoms with Gasteiger partial charge in [-0.3, -0.25) is 10.1 Å². The normalized spacial score (nSPS) is 10.7. The summed E-state index contributed by atoms with van der Waals surface area (Å²) in [7, 11) is 0. The number of nitrogens with one attached hydrogen (secondary N) is 1. The first-order valence-corrected chi connectivity index (χ1v) is 6.24. The molecule has 0 aliphatic heterocycles. The van der Waals surface area contributed by atoms with E-state index in [9.17, 15) is 4.79 Å². The van der Waals surface area contributed by atoms with Crippen LogP contribution in [0.5, 0.6) is 0 Å². The minimum absolute atomic E-state index is 0.205. The second kappa shape index (κ2) is 5.56. The van der Waals surface area contributed by atoms with Gasteiger partial charge in [0.05, 0.1) is 0 Å². The van der Waals surface area contributed by atoms with Gasteiger partial charge in [-0.2, -0.15) is 0 Å². The molecule has 0 aliphatic carbocycles. The average Bonchev–Trinajstić information content (AvgIpc) is 2.75. The molecule has 0 fully saturated rings. The molecule has 0 radical (unpaired) electrons. The summed E-state index contributed by atoms with van der Waals surface area (Å²) in [5.74, 6) is 0.835. The number of hydrogen-bond acceptors (Lipinski definition) is 3. The number of nitrogen functional groups attached to an aromatic ring is 1. The van der Waals surface area contributed by atoms with Crippen LogP contribution in [0.1, 0.15) is 24.2 Å². The van der Waals surface area contributed by atoms with Crippen LogP contribution in [0, 0.1) is 5.92 Å². The first-order chi connectivity index (χ1) is 9.06. The Bertz CT molecular complexity index is 574. The van der Waals surface area contributed by atoms with Gasteiger partial charge in [0.15, 0.2) is 0 Å². The third kappa shape index (κ3) is 3.34. The summed E-state index contributed by atoms with van der Waals surface area (Å²) in [4.78, 5) is 16.2. The molecule has 1 amide bonds. The van der Waals surface area contributed by atoms with Gasteiger partial charge < -0.3 is 10.3 Å². The molecule has 0 spiro atoms. The van der Waals surface area contributed by atoms with Gasteiger partial charge in [-0.05, 0) is 24.1 Å². The van der Waals surface area contributed by atoms with Crippen molar-refractivity contribution in [2.45, 2.75) is 20.4 Å². The molecule has 1 aromatic heterocycles. The summed E-state index contributed by atoms with van der Waals surface area (Å²) in [5.41, 5.74) is 6.76. The van der Waals surface area contributed by atoms with Crippen molar-refractivity contribution in [3.05, 3.63) is 42.2 Å². The van der Waals surface area contributed by atoms with Crippen molar-refractivity contribution >= 4 is 17.5 Å². The Kier molecular flexibility index (Phi) is 3.85.